The molecule has 0 atom stereocenters. The number of aliphatic carboxylic acids is 1. The fraction of sp³-hybridized carbons (Fsp3) is 0.429. The highest BCUT2D eigenvalue weighted by atomic mass is 35.5. The van der Waals surface area contributed by atoms with Crippen LogP contribution in [-0.2, 0) is 4.79 Å². The molecule has 0 saturated heterocycles. The minimum atomic E-state index is -0.950. The smallest absolute Gasteiger partial charge is 0.311 e. The summed E-state index contributed by atoms with van der Waals surface area (Å²) in [4.78, 5) is 23.4. The van der Waals surface area contributed by atoms with Crippen LogP contribution in [0.2, 0.25) is 10.0 Å². The van der Waals surface area contributed by atoms with Gasteiger partial charge in [0.15, 0.2) is 0 Å². The van der Waals surface area contributed by atoms with Gasteiger partial charge in [-0.15, -0.1) is 0 Å². The van der Waals surface area contributed by atoms with Crippen LogP contribution < -0.4 is 5.32 Å². The lowest BCUT2D eigenvalue weighted by molar-refractivity contribution is -0.149. The third kappa shape index (κ3) is 3.64. The van der Waals surface area contributed by atoms with Gasteiger partial charge in [-0.05, 0) is 31.0 Å². The van der Waals surface area contributed by atoms with Gasteiger partial charge in [0.2, 0.25) is 0 Å². The van der Waals surface area contributed by atoms with Gasteiger partial charge < -0.3 is 10.4 Å². The third-order valence-corrected chi connectivity index (χ3v) is 4.12. The quantitative estimate of drug-likeness (QED) is 0.842. The first-order valence-corrected chi connectivity index (χ1v) is 7.08. The van der Waals surface area contributed by atoms with Crippen molar-refractivity contribution in [3.8, 4) is 0 Å². The van der Waals surface area contributed by atoms with Gasteiger partial charge in [0.05, 0.1) is 16.0 Å². The van der Waals surface area contributed by atoms with Crippen LogP contribution in [-0.4, -0.2) is 23.5 Å². The molecule has 6 heteroatoms. The van der Waals surface area contributed by atoms with Gasteiger partial charge in [-0.1, -0.05) is 37.0 Å². The van der Waals surface area contributed by atoms with Crippen molar-refractivity contribution in [1.82, 2.24) is 5.32 Å². The van der Waals surface area contributed by atoms with Crippen LogP contribution in [0.4, 0.5) is 0 Å². The summed E-state index contributed by atoms with van der Waals surface area (Å²) in [6.07, 6.45) is 0.876. The molecule has 1 aromatic carbocycles. The Bertz CT molecular complexity index is 513. The number of hydrogen-bond acceptors (Lipinski definition) is 2. The first kappa shape index (κ1) is 16.8. The fourth-order valence-corrected chi connectivity index (χ4v) is 2.39. The first-order chi connectivity index (χ1) is 9.36. The van der Waals surface area contributed by atoms with Crippen molar-refractivity contribution in [3.63, 3.8) is 0 Å². The van der Waals surface area contributed by atoms with E-state index in [-0.39, 0.29) is 17.1 Å². The molecule has 0 fully saturated rings. The van der Waals surface area contributed by atoms with E-state index in [0.717, 1.165) is 0 Å². The SMILES string of the molecule is CCC(CC)(CNC(=O)c1ccc(Cl)cc1Cl)C(=O)O. The number of halogens is 2. The highest BCUT2D eigenvalue weighted by molar-refractivity contribution is 6.36. The Kier molecular flexibility index (Phi) is 5.84. The summed E-state index contributed by atoms with van der Waals surface area (Å²) < 4.78 is 0. The summed E-state index contributed by atoms with van der Waals surface area (Å²) in [5.41, 5.74) is -0.670. The standard InChI is InChI=1S/C14H17Cl2NO3/c1-3-14(4-2,13(19)20)8-17-12(18)10-6-5-9(15)7-11(10)16/h5-7H,3-4,8H2,1-2H3,(H,17,18)(H,19,20). The maximum Gasteiger partial charge on any atom is 0.311 e. The topological polar surface area (TPSA) is 66.4 Å². The van der Waals surface area contributed by atoms with Gasteiger partial charge in [-0.3, -0.25) is 9.59 Å². The Hall–Kier alpha value is -1.26. The predicted molar refractivity (Wildman–Crippen MR) is 79.4 cm³/mol. The number of rotatable bonds is 6. The maximum atomic E-state index is 12.0. The highest BCUT2D eigenvalue weighted by Gasteiger charge is 2.35. The van der Waals surface area contributed by atoms with Gasteiger partial charge in [0.1, 0.15) is 0 Å². The van der Waals surface area contributed by atoms with Crippen molar-refractivity contribution in [2.24, 2.45) is 5.41 Å². The summed E-state index contributed by atoms with van der Waals surface area (Å²) in [6, 6.07) is 4.55. The number of carboxylic acid groups (broad SMARTS) is 1. The van der Waals surface area contributed by atoms with E-state index in [1.54, 1.807) is 19.9 Å². The average Bonchev–Trinajstić information content (AvgIpc) is 2.39. The van der Waals surface area contributed by atoms with E-state index >= 15 is 0 Å². The average molecular weight is 318 g/mol. The molecule has 0 aliphatic heterocycles. The number of carboxylic acids is 1. The number of benzene rings is 1. The molecule has 1 aromatic rings. The Morgan fingerprint density at radius 3 is 2.30 bits per heavy atom. The van der Waals surface area contributed by atoms with E-state index in [0.29, 0.717) is 17.9 Å². The number of carbonyl (C=O) groups is 2. The highest BCUT2D eigenvalue weighted by Crippen LogP contribution is 2.26. The molecule has 0 spiro atoms. The zero-order valence-electron chi connectivity index (χ0n) is 11.4. The van der Waals surface area contributed by atoms with Crippen molar-refractivity contribution in [1.29, 1.82) is 0 Å². The Morgan fingerprint density at radius 1 is 1.25 bits per heavy atom. The van der Waals surface area contributed by atoms with Gasteiger partial charge in [-0.25, -0.2) is 0 Å². The zero-order valence-corrected chi connectivity index (χ0v) is 12.9. The number of carbonyl (C=O) groups excluding carboxylic acids is 1. The molecular formula is C14H17Cl2NO3. The summed E-state index contributed by atoms with van der Waals surface area (Å²) in [7, 11) is 0. The number of amides is 1. The van der Waals surface area contributed by atoms with E-state index in [1.165, 1.54) is 12.1 Å². The third-order valence-electron chi connectivity index (χ3n) is 3.57. The van der Waals surface area contributed by atoms with Gasteiger partial charge in [-0.2, -0.15) is 0 Å². The minimum absolute atomic E-state index is 0.0626. The van der Waals surface area contributed by atoms with Gasteiger partial charge in [0, 0.05) is 11.6 Å². The molecule has 0 unspecified atom stereocenters. The van der Waals surface area contributed by atoms with Gasteiger partial charge >= 0.3 is 5.97 Å². The van der Waals surface area contributed by atoms with Crippen LogP contribution in [0.1, 0.15) is 37.0 Å². The largest absolute Gasteiger partial charge is 0.481 e. The summed E-state index contributed by atoms with van der Waals surface area (Å²) in [5, 5.41) is 12.6. The maximum absolute atomic E-state index is 12.0. The Balaban J connectivity index is 2.83. The second kappa shape index (κ2) is 6.95. The van der Waals surface area contributed by atoms with Crippen LogP contribution >= 0.6 is 23.2 Å². The molecule has 2 N–H and O–H groups in total. The second-order valence-electron chi connectivity index (χ2n) is 4.60. The van der Waals surface area contributed by atoms with Crippen LogP contribution in [0.5, 0.6) is 0 Å². The normalized spacial score (nSPS) is 11.2. The summed E-state index contributed by atoms with van der Waals surface area (Å²) in [6.45, 7) is 3.64. The number of nitrogens with one attached hydrogen (secondary N) is 1. The molecule has 0 bridgehead atoms. The predicted octanol–water partition coefficient (Wildman–Crippen LogP) is 3.61. The molecule has 0 saturated carbocycles. The van der Waals surface area contributed by atoms with E-state index in [2.05, 4.69) is 5.32 Å². The molecule has 0 aromatic heterocycles. The molecule has 4 nitrogen and oxygen atoms in total. The van der Waals surface area contributed by atoms with Gasteiger partial charge in [0.25, 0.3) is 5.91 Å². The molecule has 20 heavy (non-hydrogen) atoms. The van der Waals surface area contributed by atoms with Crippen molar-refractivity contribution in [3.05, 3.63) is 33.8 Å². The monoisotopic (exact) mass is 317 g/mol. The minimum Gasteiger partial charge on any atom is -0.481 e. The molecule has 0 heterocycles. The Morgan fingerprint density at radius 2 is 1.85 bits per heavy atom. The van der Waals surface area contributed by atoms with Crippen molar-refractivity contribution in [2.45, 2.75) is 26.7 Å². The van der Waals surface area contributed by atoms with Crippen molar-refractivity contribution >= 4 is 35.1 Å². The van der Waals surface area contributed by atoms with Crippen LogP contribution in [0.25, 0.3) is 0 Å². The molecule has 110 valence electrons. The first-order valence-electron chi connectivity index (χ1n) is 6.33. The zero-order chi connectivity index (χ0) is 15.3. The molecular weight excluding hydrogens is 301 g/mol. The Labute approximate surface area is 128 Å². The van der Waals surface area contributed by atoms with Crippen molar-refractivity contribution < 1.29 is 14.7 Å². The van der Waals surface area contributed by atoms with E-state index in [4.69, 9.17) is 23.2 Å². The van der Waals surface area contributed by atoms with Crippen LogP contribution in [0.3, 0.4) is 0 Å². The number of hydrogen-bond donors (Lipinski definition) is 2. The lowest BCUT2D eigenvalue weighted by Gasteiger charge is -2.26. The van der Waals surface area contributed by atoms with E-state index in [9.17, 15) is 14.7 Å². The van der Waals surface area contributed by atoms with E-state index in [1.807, 2.05) is 0 Å². The van der Waals surface area contributed by atoms with E-state index < -0.39 is 17.3 Å². The van der Waals surface area contributed by atoms with Crippen LogP contribution in [0.15, 0.2) is 18.2 Å². The molecule has 0 aliphatic carbocycles. The summed E-state index contributed by atoms with van der Waals surface area (Å²) >= 11 is 11.7. The second-order valence-corrected chi connectivity index (χ2v) is 5.44. The van der Waals surface area contributed by atoms with Crippen LogP contribution in [0, 0.1) is 5.41 Å². The summed E-state index contributed by atoms with van der Waals surface area (Å²) in [5.74, 6) is -1.32. The van der Waals surface area contributed by atoms with Crippen molar-refractivity contribution in [2.75, 3.05) is 6.54 Å². The molecule has 1 rings (SSSR count). The fourth-order valence-electron chi connectivity index (χ4n) is 1.90. The lowest BCUT2D eigenvalue weighted by Crippen LogP contribution is -2.42. The molecule has 0 aliphatic rings. The lowest BCUT2D eigenvalue weighted by atomic mass is 9.82. The molecule has 1 amide bonds. The molecule has 0 radical (unpaired) electrons.